The van der Waals surface area contributed by atoms with Crippen LogP contribution in [0.3, 0.4) is 0 Å². The van der Waals surface area contributed by atoms with Gasteiger partial charge in [0, 0.05) is 6.42 Å². The number of hydrogen-bond acceptors (Lipinski definition) is 3. The molecule has 4 N–H and O–H groups in total. The number of carboxylic acids is 2. The summed E-state index contributed by atoms with van der Waals surface area (Å²) in [5.74, 6) is -2.20. The monoisotopic (exact) mass is 265 g/mol. The first-order valence-corrected chi connectivity index (χ1v) is 2.74. The van der Waals surface area contributed by atoms with E-state index < -0.39 is 18.0 Å². The Balaban J connectivity index is 0. The van der Waals surface area contributed by atoms with Gasteiger partial charge in [-0.1, -0.05) is 0 Å². The molecule has 6 heteroatoms. The van der Waals surface area contributed by atoms with Gasteiger partial charge in [0.05, 0.1) is 0 Å². The summed E-state index contributed by atoms with van der Waals surface area (Å²) in [4.78, 5) is 19.9. The van der Waals surface area contributed by atoms with E-state index in [2.05, 4.69) is 0 Å². The Morgan fingerprint density at radius 3 is 2.09 bits per heavy atom. The van der Waals surface area contributed by atoms with E-state index in [1.807, 2.05) is 0 Å². The molecule has 0 aromatic heterocycles. The molecule has 1 atom stereocenters. The Morgan fingerprint density at radius 2 is 1.82 bits per heavy atom. The van der Waals surface area contributed by atoms with Gasteiger partial charge >= 0.3 is 37.8 Å². The van der Waals surface area contributed by atoms with Crippen LogP contribution >= 0.6 is 0 Å². The molecule has 0 bridgehead atoms. The molecule has 0 unspecified atom stereocenters. The van der Waals surface area contributed by atoms with Crippen molar-refractivity contribution in [1.29, 1.82) is 0 Å². The van der Waals surface area contributed by atoms with Gasteiger partial charge in [-0.3, -0.25) is 9.59 Å². The fraction of sp³-hybridized carbons (Fsp3) is 0.600. The third kappa shape index (κ3) is 7.67. The van der Waals surface area contributed by atoms with Crippen LogP contribution in [0.15, 0.2) is 0 Å². The van der Waals surface area contributed by atoms with Crippen molar-refractivity contribution in [3.8, 4) is 0 Å². The maximum absolute atomic E-state index is 9.99. The molecule has 0 radical (unpaired) electrons. The molecule has 0 aliphatic carbocycles. The van der Waals surface area contributed by atoms with E-state index >= 15 is 0 Å². The second-order valence-corrected chi connectivity index (χ2v) is 1.88. The predicted molar refractivity (Wildman–Crippen MR) is 42.4 cm³/mol. The van der Waals surface area contributed by atoms with Crippen LogP contribution in [0.25, 0.3) is 0 Å². The van der Waals surface area contributed by atoms with E-state index in [0.717, 1.165) is 0 Å². The molecule has 0 heterocycles. The predicted octanol–water partition coefficient (Wildman–Crippen LogP) is -1.92. The van der Waals surface area contributed by atoms with Gasteiger partial charge < -0.3 is 15.9 Å². The number of carbonyl (C=O) groups is 2. The van der Waals surface area contributed by atoms with Crippen molar-refractivity contribution in [3.63, 3.8) is 0 Å². The molecule has 64 valence electrons. The van der Waals surface area contributed by atoms with E-state index in [-0.39, 0.29) is 38.7 Å². The van der Waals surface area contributed by atoms with Gasteiger partial charge in [-0.05, 0) is 6.42 Å². The molecule has 0 saturated carbocycles. The minimum atomic E-state index is -1.17. The Labute approximate surface area is 82.4 Å². The van der Waals surface area contributed by atoms with Gasteiger partial charge in [0.2, 0.25) is 0 Å². The molecule has 0 rings (SSSR count). The molecular weight excluding hydrogens is 253 g/mol. The van der Waals surface area contributed by atoms with Crippen LogP contribution in [-0.2, 0) is 9.59 Å². The summed E-state index contributed by atoms with van der Waals surface area (Å²) in [6.07, 6.45) is -0.224. The van der Waals surface area contributed by atoms with Crippen molar-refractivity contribution in [3.05, 3.63) is 0 Å². The first-order valence-electron chi connectivity index (χ1n) is 2.74. The number of rotatable bonds is 4. The molecule has 0 aromatic carbocycles. The molecule has 0 spiro atoms. The van der Waals surface area contributed by atoms with E-state index in [0.29, 0.717) is 0 Å². The van der Waals surface area contributed by atoms with Crippen LogP contribution in [0.1, 0.15) is 12.8 Å². The first-order chi connectivity index (χ1) is 4.54. The molecular formula is C5H12InNO4. The van der Waals surface area contributed by atoms with Crippen LogP contribution in [0.4, 0.5) is 0 Å². The summed E-state index contributed by atoms with van der Waals surface area (Å²) >= 11 is 0. The van der Waals surface area contributed by atoms with Gasteiger partial charge in [0.25, 0.3) is 0 Å². The maximum atomic E-state index is 9.99. The normalized spacial score (nSPS) is 11.4. The van der Waals surface area contributed by atoms with Crippen molar-refractivity contribution in [1.82, 2.24) is 0 Å². The third-order valence-electron chi connectivity index (χ3n) is 0.986. The third-order valence-corrected chi connectivity index (χ3v) is 0.986. The fourth-order valence-electron chi connectivity index (χ4n) is 0.402. The SMILES string of the molecule is N[C@@H](CCC(=O)O)C(=O)O.[InH3]. The van der Waals surface area contributed by atoms with Crippen molar-refractivity contribution in [2.24, 2.45) is 5.73 Å². The van der Waals surface area contributed by atoms with Crippen LogP contribution in [0.5, 0.6) is 0 Å². The van der Waals surface area contributed by atoms with E-state index in [1.165, 1.54) is 0 Å². The van der Waals surface area contributed by atoms with E-state index in [4.69, 9.17) is 15.9 Å². The molecule has 0 aliphatic rings. The average Bonchev–Trinajstić information content (AvgIpc) is 1.82. The Hall–Kier alpha value is -0.230. The summed E-state index contributed by atoms with van der Waals surface area (Å²) < 4.78 is 0. The van der Waals surface area contributed by atoms with Crippen LogP contribution in [-0.4, -0.2) is 54.0 Å². The van der Waals surface area contributed by atoms with Gasteiger partial charge in [-0.2, -0.15) is 0 Å². The Bertz CT molecular complexity index is 149. The van der Waals surface area contributed by atoms with E-state index in [1.54, 1.807) is 0 Å². The topological polar surface area (TPSA) is 101 Å². The molecule has 0 aliphatic heterocycles. The van der Waals surface area contributed by atoms with Crippen molar-refractivity contribution < 1.29 is 19.8 Å². The molecule has 0 fully saturated rings. The zero-order valence-electron chi connectivity index (χ0n) is 5.28. The standard InChI is InChI=1S/C5H9NO4.In.3H/c6-3(5(9)10)1-2-4(7)8;;;;/h3H,1-2,6H2,(H,7,8)(H,9,10);;;;/t3-;;;;/m0..../s1. The van der Waals surface area contributed by atoms with Gasteiger partial charge in [-0.15, -0.1) is 0 Å². The van der Waals surface area contributed by atoms with Crippen molar-refractivity contribution >= 4 is 37.8 Å². The first kappa shape index (κ1) is 13.4. The Kier molecular flexibility index (Phi) is 7.87. The summed E-state index contributed by atoms with van der Waals surface area (Å²) in [6.45, 7) is 0. The van der Waals surface area contributed by atoms with Gasteiger partial charge in [-0.25, -0.2) is 0 Å². The zero-order valence-corrected chi connectivity index (χ0v) is 5.28. The van der Waals surface area contributed by atoms with Crippen molar-refractivity contribution in [2.75, 3.05) is 0 Å². The summed E-state index contributed by atoms with van der Waals surface area (Å²) in [6, 6.07) is -1.06. The Morgan fingerprint density at radius 1 is 1.36 bits per heavy atom. The van der Waals surface area contributed by atoms with Gasteiger partial charge in [0.15, 0.2) is 0 Å². The van der Waals surface area contributed by atoms with Crippen molar-refractivity contribution in [2.45, 2.75) is 18.9 Å². The molecule has 0 saturated heterocycles. The minimum absolute atomic E-state index is 0. The van der Waals surface area contributed by atoms with Crippen LogP contribution in [0, 0.1) is 0 Å². The number of hydrogen-bond donors (Lipinski definition) is 3. The number of aliphatic carboxylic acids is 2. The molecule has 11 heavy (non-hydrogen) atoms. The summed E-state index contributed by atoms with van der Waals surface area (Å²) in [5.41, 5.74) is 5.00. The summed E-state index contributed by atoms with van der Waals surface area (Å²) in [7, 11) is 0. The number of carboxylic acid groups (broad SMARTS) is 2. The quantitative estimate of drug-likeness (QED) is 0.550. The van der Waals surface area contributed by atoms with Crippen LogP contribution < -0.4 is 5.73 Å². The number of nitrogens with two attached hydrogens (primary N) is 1. The molecule has 5 nitrogen and oxygen atoms in total. The summed E-state index contributed by atoms with van der Waals surface area (Å²) in [5, 5.41) is 16.3. The zero-order chi connectivity index (χ0) is 8.15. The van der Waals surface area contributed by atoms with E-state index in [9.17, 15) is 9.59 Å². The van der Waals surface area contributed by atoms with Crippen LogP contribution in [0.2, 0.25) is 0 Å². The second kappa shape index (κ2) is 6.48. The van der Waals surface area contributed by atoms with Gasteiger partial charge in [0.1, 0.15) is 6.04 Å². The molecule has 0 aromatic rings. The second-order valence-electron chi connectivity index (χ2n) is 1.88. The molecule has 0 amide bonds. The average molecular weight is 265 g/mol. The fourth-order valence-corrected chi connectivity index (χ4v) is 0.402.